The van der Waals surface area contributed by atoms with Crippen LogP contribution in [0.2, 0.25) is 0 Å². The molecule has 1 heterocycles. The van der Waals surface area contributed by atoms with Crippen LogP contribution in [0.15, 0.2) is 36.7 Å². The normalized spacial score (nSPS) is 27.8. The number of aromatic nitrogens is 1. The van der Waals surface area contributed by atoms with Crippen LogP contribution in [0.1, 0.15) is 19.8 Å². The maximum atomic E-state index is 9.97. The second kappa shape index (κ2) is 3.70. The Morgan fingerprint density at radius 3 is 3.00 bits per heavy atom. The molecule has 1 fully saturated rings. The summed E-state index contributed by atoms with van der Waals surface area (Å²) in [6, 6.07) is 7.84. The minimum Gasteiger partial charge on any atom is -0.487 e. The summed E-state index contributed by atoms with van der Waals surface area (Å²) in [5, 5.41) is 12.1. The number of hydrogen-bond acceptors (Lipinski definition) is 3. The first kappa shape index (κ1) is 10.5. The van der Waals surface area contributed by atoms with E-state index in [4.69, 9.17) is 4.74 Å². The van der Waals surface area contributed by atoms with Gasteiger partial charge in [-0.2, -0.15) is 0 Å². The molecular weight excluding hydrogens is 214 g/mol. The molecule has 1 aliphatic rings. The SMILES string of the molecule is C[C@]1(O)CC[C@@H]1Oc1cccc2cnccc12. The van der Waals surface area contributed by atoms with Crippen LogP contribution in [0.25, 0.3) is 10.8 Å². The van der Waals surface area contributed by atoms with Gasteiger partial charge in [0.25, 0.3) is 0 Å². The van der Waals surface area contributed by atoms with Crippen molar-refractivity contribution in [3.63, 3.8) is 0 Å². The van der Waals surface area contributed by atoms with E-state index >= 15 is 0 Å². The van der Waals surface area contributed by atoms with Crippen LogP contribution in [-0.2, 0) is 0 Å². The van der Waals surface area contributed by atoms with Gasteiger partial charge < -0.3 is 9.84 Å². The standard InChI is InChI=1S/C14H15NO2/c1-14(16)7-5-13(14)17-12-4-2-3-10-9-15-8-6-11(10)12/h2-4,6,8-9,13,16H,5,7H2,1H3/t13-,14-/m0/s1. The van der Waals surface area contributed by atoms with Crippen molar-refractivity contribution in [3.05, 3.63) is 36.7 Å². The molecule has 0 spiro atoms. The number of nitrogens with zero attached hydrogens (tertiary/aromatic N) is 1. The molecule has 1 aromatic carbocycles. The fourth-order valence-corrected chi connectivity index (χ4v) is 2.21. The van der Waals surface area contributed by atoms with Gasteiger partial charge in [0.1, 0.15) is 11.9 Å². The Morgan fingerprint density at radius 1 is 1.41 bits per heavy atom. The topological polar surface area (TPSA) is 42.4 Å². The molecule has 0 saturated heterocycles. The van der Waals surface area contributed by atoms with Crippen molar-refractivity contribution in [3.8, 4) is 5.75 Å². The first-order valence-corrected chi connectivity index (χ1v) is 5.89. The molecule has 2 atom stereocenters. The molecule has 1 aliphatic carbocycles. The lowest BCUT2D eigenvalue weighted by Gasteiger charge is -2.42. The average Bonchev–Trinajstić information content (AvgIpc) is 2.35. The summed E-state index contributed by atoms with van der Waals surface area (Å²) in [7, 11) is 0. The van der Waals surface area contributed by atoms with Crippen molar-refractivity contribution in [2.24, 2.45) is 0 Å². The van der Waals surface area contributed by atoms with Gasteiger partial charge in [-0.1, -0.05) is 12.1 Å². The highest BCUT2D eigenvalue weighted by Gasteiger charge is 2.43. The van der Waals surface area contributed by atoms with Gasteiger partial charge in [-0.25, -0.2) is 0 Å². The van der Waals surface area contributed by atoms with E-state index in [1.54, 1.807) is 6.20 Å². The van der Waals surface area contributed by atoms with Gasteiger partial charge in [0.15, 0.2) is 0 Å². The molecule has 0 bridgehead atoms. The van der Waals surface area contributed by atoms with Crippen LogP contribution in [0.5, 0.6) is 5.75 Å². The second-order valence-corrected chi connectivity index (χ2v) is 4.86. The molecular formula is C14H15NO2. The predicted molar refractivity (Wildman–Crippen MR) is 66.0 cm³/mol. The minimum absolute atomic E-state index is 0.0961. The molecule has 2 aromatic rings. The monoisotopic (exact) mass is 229 g/mol. The predicted octanol–water partition coefficient (Wildman–Crippen LogP) is 2.53. The third kappa shape index (κ3) is 1.76. The Bertz CT molecular complexity index is 545. The van der Waals surface area contributed by atoms with E-state index in [1.165, 1.54) is 0 Å². The highest BCUT2D eigenvalue weighted by Crippen LogP contribution is 2.36. The molecule has 1 N–H and O–H groups in total. The van der Waals surface area contributed by atoms with Gasteiger partial charge in [0.05, 0.1) is 5.60 Å². The lowest BCUT2D eigenvalue weighted by molar-refractivity contribution is -0.117. The van der Waals surface area contributed by atoms with E-state index in [-0.39, 0.29) is 6.10 Å². The third-order valence-corrected chi connectivity index (χ3v) is 3.52. The number of aliphatic hydroxyl groups is 1. The summed E-state index contributed by atoms with van der Waals surface area (Å²) in [5.41, 5.74) is -0.685. The van der Waals surface area contributed by atoms with Crippen molar-refractivity contribution in [1.29, 1.82) is 0 Å². The quantitative estimate of drug-likeness (QED) is 0.860. The summed E-state index contributed by atoms with van der Waals surface area (Å²) >= 11 is 0. The van der Waals surface area contributed by atoms with Crippen molar-refractivity contribution >= 4 is 10.8 Å². The molecule has 3 heteroatoms. The molecule has 1 saturated carbocycles. The summed E-state index contributed by atoms with van der Waals surface area (Å²) in [5.74, 6) is 0.829. The number of pyridine rings is 1. The molecule has 17 heavy (non-hydrogen) atoms. The summed E-state index contributed by atoms with van der Waals surface area (Å²) in [6.45, 7) is 1.83. The average molecular weight is 229 g/mol. The second-order valence-electron chi connectivity index (χ2n) is 4.86. The zero-order chi connectivity index (χ0) is 11.9. The van der Waals surface area contributed by atoms with E-state index in [9.17, 15) is 5.11 Å². The number of benzene rings is 1. The van der Waals surface area contributed by atoms with Crippen molar-refractivity contribution in [1.82, 2.24) is 4.98 Å². The molecule has 0 amide bonds. The highest BCUT2D eigenvalue weighted by molar-refractivity contribution is 5.87. The summed E-state index contributed by atoms with van der Waals surface area (Å²) in [6.07, 6.45) is 5.20. The van der Waals surface area contributed by atoms with Gasteiger partial charge in [-0.05, 0) is 31.9 Å². The van der Waals surface area contributed by atoms with E-state index < -0.39 is 5.60 Å². The van der Waals surface area contributed by atoms with Gasteiger partial charge in [0.2, 0.25) is 0 Å². The fourth-order valence-electron chi connectivity index (χ4n) is 2.21. The first-order chi connectivity index (χ1) is 8.17. The smallest absolute Gasteiger partial charge is 0.127 e. The molecule has 88 valence electrons. The summed E-state index contributed by atoms with van der Waals surface area (Å²) in [4.78, 5) is 4.09. The van der Waals surface area contributed by atoms with Gasteiger partial charge in [-0.3, -0.25) is 4.98 Å². The molecule has 3 nitrogen and oxygen atoms in total. The molecule has 0 unspecified atom stereocenters. The van der Waals surface area contributed by atoms with Crippen molar-refractivity contribution < 1.29 is 9.84 Å². The van der Waals surface area contributed by atoms with Crippen LogP contribution < -0.4 is 4.74 Å². The third-order valence-electron chi connectivity index (χ3n) is 3.52. The van der Waals surface area contributed by atoms with Gasteiger partial charge in [-0.15, -0.1) is 0 Å². The fraction of sp³-hybridized carbons (Fsp3) is 0.357. The lowest BCUT2D eigenvalue weighted by atomic mass is 9.78. The molecule has 1 aromatic heterocycles. The molecule has 0 aliphatic heterocycles. The maximum Gasteiger partial charge on any atom is 0.127 e. The minimum atomic E-state index is -0.685. The number of ether oxygens (including phenoxy) is 1. The molecule has 0 radical (unpaired) electrons. The first-order valence-electron chi connectivity index (χ1n) is 5.89. The Morgan fingerprint density at radius 2 is 2.29 bits per heavy atom. The van der Waals surface area contributed by atoms with E-state index in [0.717, 1.165) is 29.4 Å². The number of hydrogen-bond donors (Lipinski definition) is 1. The summed E-state index contributed by atoms with van der Waals surface area (Å²) < 4.78 is 5.90. The number of fused-ring (bicyclic) bond motifs is 1. The zero-order valence-corrected chi connectivity index (χ0v) is 9.76. The van der Waals surface area contributed by atoms with Crippen LogP contribution in [0.4, 0.5) is 0 Å². The Balaban J connectivity index is 1.95. The van der Waals surface area contributed by atoms with Crippen LogP contribution in [0, 0.1) is 0 Å². The van der Waals surface area contributed by atoms with Gasteiger partial charge >= 0.3 is 0 Å². The van der Waals surface area contributed by atoms with Crippen molar-refractivity contribution in [2.75, 3.05) is 0 Å². The Kier molecular flexibility index (Phi) is 2.30. The van der Waals surface area contributed by atoms with Crippen LogP contribution in [-0.4, -0.2) is 21.8 Å². The molecule has 3 rings (SSSR count). The maximum absolute atomic E-state index is 9.97. The lowest BCUT2D eigenvalue weighted by Crippen LogP contribution is -2.52. The Labute approximate surface area is 100 Å². The van der Waals surface area contributed by atoms with E-state index in [1.807, 2.05) is 37.4 Å². The van der Waals surface area contributed by atoms with E-state index in [0.29, 0.717) is 0 Å². The zero-order valence-electron chi connectivity index (χ0n) is 9.76. The largest absolute Gasteiger partial charge is 0.487 e. The van der Waals surface area contributed by atoms with Crippen LogP contribution in [0.3, 0.4) is 0 Å². The van der Waals surface area contributed by atoms with E-state index in [2.05, 4.69) is 4.98 Å². The Hall–Kier alpha value is -1.61. The van der Waals surface area contributed by atoms with Crippen molar-refractivity contribution in [2.45, 2.75) is 31.5 Å². The highest BCUT2D eigenvalue weighted by atomic mass is 16.5. The number of rotatable bonds is 2. The van der Waals surface area contributed by atoms with Gasteiger partial charge in [0, 0.05) is 23.2 Å². The van der Waals surface area contributed by atoms with Crippen LogP contribution >= 0.6 is 0 Å².